The van der Waals surface area contributed by atoms with E-state index in [9.17, 15) is 14.9 Å². The number of nitrogens with two attached hydrogens (primary N) is 1. The van der Waals surface area contributed by atoms with Crippen LogP contribution in [0.5, 0.6) is 0 Å². The number of likely N-dealkylation sites (tertiary alicyclic amines) is 1. The number of benzene rings is 1. The van der Waals surface area contributed by atoms with Gasteiger partial charge in [-0.1, -0.05) is 12.1 Å². The maximum atomic E-state index is 12.4. The van der Waals surface area contributed by atoms with Gasteiger partial charge in [-0.25, -0.2) is 0 Å². The van der Waals surface area contributed by atoms with Gasteiger partial charge in [-0.15, -0.1) is 0 Å². The Morgan fingerprint density at radius 1 is 1.55 bits per heavy atom. The van der Waals surface area contributed by atoms with Crippen molar-refractivity contribution in [1.82, 2.24) is 4.90 Å². The number of nitro groups is 1. The third kappa shape index (κ3) is 3.14. The fourth-order valence-corrected chi connectivity index (χ4v) is 2.53. The summed E-state index contributed by atoms with van der Waals surface area (Å²) in [5.41, 5.74) is 6.56. The molecule has 0 radical (unpaired) electrons. The highest BCUT2D eigenvalue weighted by Crippen LogP contribution is 2.23. The summed E-state index contributed by atoms with van der Waals surface area (Å²) in [5.74, 6) is -0.402. The van der Waals surface area contributed by atoms with Crippen LogP contribution in [0.2, 0.25) is 0 Å². The van der Waals surface area contributed by atoms with E-state index in [2.05, 4.69) is 0 Å². The van der Waals surface area contributed by atoms with Crippen molar-refractivity contribution in [3.8, 4) is 0 Å². The molecule has 2 unspecified atom stereocenters. The molecule has 1 heterocycles. The summed E-state index contributed by atoms with van der Waals surface area (Å²) in [7, 11) is 0. The first-order valence-corrected chi connectivity index (χ1v) is 6.77. The van der Waals surface area contributed by atoms with Gasteiger partial charge in [0, 0.05) is 31.3 Å². The van der Waals surface area contributed by atoms with Gasteiger partial charge >= 0.3 is 0 Å². The molecule has 2 atom stereocenters. The number of piperidine rings is 1. The normalized spacial score (nSPS) is 20.5. The summed E-state index contributed by atoms with van der Waals surface area (Å²) in [6, 6.07) is 6.28. The number of non-ortho nitro benzene ring substituents is 1. The molecule has 1 aromatic carbocycles. The Labute approximate surface area is 117 Å². The molecule has 0 spiro atoms. The summed E-state index contributed by atoms with van der Waals surface area (Å²) in [4.78, 5) is 24.5. The van der Waals surface area contributed by atoms with Crippen molar-refractivity contribution in [2.24, 2.45) is 5.73 Å². The molecule has 0 saturated carbocycles. The molecule has 6 heteroatoms. The van der Waals surface area contributed by atoms with Gasteiger partial charge in [0.15, 0.2) is 0 Å². The monoisotopic (exact) mass is 277 g/mol. The van der Waals surface area contributed by atoms with E-state index in [0.717, 1.165) is 12.8 Å². The zero-order chi connectivity index (χ0) is 14.7. The van der Waals surface area contributed by atoms with E-state index in [4.69, 9.17) is 5.73 Å². The third-order valence-corrected chi connectivity index (χ3v) is 3.72. The molecule has 2 N–H and O–H groups in total. The minimum atomic E-state index is -0.447. The number of carbonyl (C=O) groups is 1. The molecule has 6 nitrogen and oxygen atoms in total. The van der Waals surface area contributed by atoms with E-state index in [1.54, 1.807) is 24.0 Å². The summed E-state index contributed by atoms with van der Waals surface area (Å²) in [5, 5.41) is 10.8. The van der Waals surface area contributed by atoms with E-state index in [1.165, 1.54) is 12.1 Å². The summed E-state index contributed by atoms with van der Waals surface area (Å²) in [6.07, 6.45) is 1.85. The van der Waals surface area contributed by atoms with Crippen LogP contribution in [0.15, 0.2) is 24.3 Å². The molecule has 0 aromatic heterocycles. The second-order valence-corrected chi connectivity index (χ2v) is 5.26. The molecule has 1 amide bonds. The number of nitro benzene ring substituents is 1. The zero-order valence-corrected chi connectivity index (χ0v) is 11.5. The van der Waals surface area contributed by atoms with E-state index >= 15 is 0 Å². The van der Waals surface area contributed by atoms with Crippen LogP contribution in [-0.4, -0.2) is 34.9 Å². The van der Waals surface area contributed by atoms with Crippen LogP contribution >= 0.6 is 0 Å². The lowest BCUT2D eigenvalue weighted by atomic mass is 9.97. The SMILES string of the molecule is CC(C(=O)N1CCCC(N)C1)c1cccc([N+](=O)[O-])c1. The maximum absolute atomic E-state index is 12.4. The molecule has 0 aliphatic carbocycles. The van der Waals surface area contributed by atoms with Crippen molar-refractivity contribution >= 4 is 11.6 Å². The first-order chi connectivity index (χ1) is 9.49. The Bertz CT molecular complexity index is 518. The van der Waals surface area contributed by atoms with Gasteiger partial charge < -0.3 is 10.6 Å². The molecular weight excluding hydrogens is 258 g/mol. The van der Waals surface area contributed by atoms with E-state index in [0.29, 0.717) is 18.7 Å². The molecule has 0 bridgehead atoms. The number of rotatable bonds is 3. The predicted octanol–water partition coefficient (Wildman–Crippen LogP) is 1.65. The average Bonchev–Trinajstić information content (AvgIpc) is 2.45. The summed E-state index contributed by atoms with van der Waals surface area (Å²) < 4.78 is 0. The lowest BCUT2D eigenvalue weighted by molar-refractivity contribution is -0.384. The maximum Gasteiger partial charge on any atom is 0.269 e. The first kappa shape index (κ1) is 14.5. The first-order valence-electron chi connectivity index (χ1n) is 6.77. The van der Waals surface area contributed by atoms with Gasteiger partial charge in [0.25, 0.3) is 5.69 Å². The van der Waals surface area contributed by atoms with Crippen molar-refractivity contribution in [3.63, 3.8) is 0 Å². The molecule has 1 fully saturated rings. The summed E-state index contributed by atoms with van der Waals surface area (Å²) in [6.45, 7) is 3.06. The van der Waals surface area contributed by atoms with Crippen LogP contribution in [0.4, 0.5) is 5.69 Å². The van der Waals surface area contributed by atoms with Crippen LogP contribution in [-0.2, 0) is 4.79 Å². The molecule has 1 aliphatic heterocycles. The summed E-state index contributed by atoms with van der Waals surface area (Å²) >= 11 is 0. The highest BCUT2D eigenvalue weighted by Gasteiger charge is 2.26. The van der Waals surface area contributed by atoms with Gasteiger partial charge in [0.1, 0.15) is 0 Å². The molecule has 20 heavy (non-hydrogen) atoms. The molecule has 1 aromatic rings. The number of amides is 1. The minimum absolute atomic E-state index is 0.0116. The van der Waals surface area contributed by atoms with Gasteiger partial charge in [0.2, 0.25) is 5.91 Å². The van der Waals surface area contributed by atoms with Crippen molar-refractivity contribution < 1.29 is 9.72 Å². The van der Waals surface area contributed by atoms with Gasteiger partial charge in [-0.05, 0) is 25.3 Å². The quantitative estimate of drug-likeness (QED) is 0.672. The third-order valence-electron chi connectivity index (χ3n) is 3.72. The number of nitrogens with zero attached hydrogens (tertiary/aromatic N) is 2. The van der Waals surface area contributed by atoms with Gasteiger partial charge in [-0.2, -0.15) is 0 Å². The second kappa shape index (κ2) is 6.00. The highest BCUT2D eigenvalue weighted by molar-refractivity contribution is 5.83. The van der Waals surface area contributed by atoms with Crippen molar-refractivity contribution in [2.45, 2.75) is 31.7 Å². The Morgan fingerprint density at radius 2 is 2.30 bits per heavy atom. The Morgan fingerprint density at radius 3 is 2.95 bits per heavy atom. The van der Waals surface area contributed by atoms with E-state index in [1.807, 2.05) is 0 Å². The lowest BCUT2D eigenvalue weighted by Crippen LogP contribution is -2.47. The fraction of sp³-hybridized carbons (Fsp3) is 0.500. The van der Waals surface area contributed by atoms with E-state index < -0.39 is 4.92 Å². The Hall–Kier alpha value is -1.95. The van der Waals surface area contributed by atoms with Gasteiger partial charge in [-0.3, -0.25) is 14.9 Å². The van der Waals surface area contributed by atoms with E-state index in [-0.39, 0.29) is 23.6 Å². The minimum Gasteiger partial charge on any atom is -0.341 e. The van der Waals surface area contributed by atoms with Crippen LogP contribution in [0.3, 0.4) is 0 Å². The molecule has 2 rings (SSSR count). The van der Waals surface area contributed by atoms with Crippen molar-refractivity contribution in [2.75, 3.05) is 13.1 Å². The average molecular weight is 277 g/mol. The van der Waals surface area contributed by atoms with Crippen molar-refractivity contribution in [1.29, 1.82) is 0 Å². The zero-order valence-electron chi connectivity index (χ0n) is 11.5. The number of carbonyl (C=O) groups excluding carboxylic acids is 1. The van der Waals surface area contributed by atoms with Crippen LogP contribution in [0, 0.1) is 10.1 Å². The largest absolute Gasteiger partial charge is 0.341 e. The number of hydrogen-bond acceptors (Lipinski definition) is 4. The molecule has 1 saturated heterocycles. The Kier molecular flexibility index (Phi) is 4.34. The van der Waals surface area contributed by atoms with Crippen molar-refractivity contribution in [3.05, 3.63) is 39.9 Å². The van der Waals surface area contributed by atoms with Crippen LogP contribution in [0.1, 0.15) is 31.2 Å². The molecular formula is C14H19N3O3. The highest BCUT2D eigenvalue weighted by atomic mass is 16.6. The Balaban J connectivity index is 2.13. The number of hydrogen-bond donors (Lipinski definition) is 1. The topological polar surface area (TPSA) is 89.5 Å². The molecule has 1 aliphatic rings. The lowest BCUT2D eigenvalue weighted by Gasteiger charge is -2.32. The predicted molar refractivity (Wildman–Crippen MR) is 75.3 cm³/mol. The van der Waals surface area contributed by atoms with Crippen LogP contribution < -0.4 is 5.73 Å². The fourth-order valence-electron chi connectivity index (χ4n) is 2.53. The smallest absolute Gasteiger partial charge is 0.269 e. The van der Waals surface area contributed by atoms with Crippen LogP contribution in [0.25, 0.3) is 0 Å². The molecule has 108 valence electrons. The standard InChI is InChI=1S/C14H19N3O3/c1-10(11-4-2-6-13(8-11)17(19)20)14(18)16-7-3-5-12(15)9-16/h2,4,6,8,10,12H,3,5,7,9,15H2,1H3. The van der Waals surface area contributed by atoms with Gasteiger partial charge in [0.05, 0.1) is 10.8 Å². The second-order valence-electron chi connectivity index (χ2n) is 5.26.